The molecule has 2 N–H and O–H groups in total. The van der Waals surface area contributed by atoms with Crippen LogP contribution in [0.3, 0.4) is 0 Å². The van der Waals surface area contributed by atoms with Crippen molar-refractivity contribution in [2.24, 2.45) is 5.14 Å². The molecule has 0 fully saturated rings. The van der Waals surface area contributed by atoms with E-state index in [4.69, 9.17) is 8.42 Å². The van der Waals surface area contributed by atoms with Crippen LogP contribution in [0.15, 0.2) is 42.6 Å². The molecule has 0 radical (unpaired) electrons. The summed E-state index contributed by atoms with van der Waals surface area (Å²) in [4.78, 5) is 4.18. The van der Waals surface area contributed by atoms with Crippen LogP contribution >= 0.6 is 0 Å². The molecule has 0 aliphatic rings. The Morgan fingerprint density at radius 2 is 1.64 bits per heavy atom. The Kier molecular flexibility index (Phi) is 4.03. The Morgan fingerprint density at radius 1 is 1.07 bits per heavy atom. The zero-order valence-corrected chi connectivity index (χ0v) is 8.22. The van der Waals surface area contributed by atoms with E-state index in [9.17, 15) is 0 Å². The van der Waals surface area contributed by atoms with Crippen LogP contribution in [0.2, 0.25) is 0 Å². The lowest BCUT2D eigenvalue weighted by atomic mass is 10.2. The van der Waals surface area contributed by atoms with Crippen molar-refractivity contribution in [2.45, 2.75) is 0 Å². The van der Waals surface area contributed by atoms with E-state index in [-0.39, 0.29) is 0 Å². The predicted molar refractivity (Wildman–Crippen MR) is 56.2 cm³/mol. The molecule has 1 aromatic carbocycles. The SMILES string of the molecule is N[SH](=O)=O.c1ccc2ncccc2c1. The topological polar surface area (TPSA) is 73.1 Å². The fourth-order valence-electron chi connectivity index (χ4n) is 1.02. The monoisotopic (exact) mass is 210 g/mol. The van der Waals surface area contributed by atoms with E-state index in [2.05, 4.69) is 22.3 Å². The summed E-state index contributed by atoms with van der Waals surface area (Å²) in [5.41, 5.74) is 1.06. The Hall–Kier alpha value is -1.46. The number of hydrogen-bond acceptors (Lipinski definition) is 3. The minimum absolute atomic E-state index is 1.06. The number of para-hydroxylation sites is 1. The number of rotatable bonds is 0. The molecule has 1 heterocycles. The second-order valence-electron chi connectivity index (χ2n) is 2.48. The highest BCUT2D eigenvalue weighted by atomic mass is 32.2. The highest BCUT2D eigenvalue weighted by molar-refractivity contribution is 7.69. The molecule has 0 saturated carbocycles. The average Bonchev–Trinajstić information content (AvgIpc) is 2.17. The van der Waals surface area contributed by atoms with Gasteiger partial charge in [-0.05, 0) is 12.1 Å². The fraction of sp³-hybridized carbons (Fsp3) is 0. The van der Waals surface area contributed by atoms with Crippen molar-refractivity contribution in [2.75, 3.05) is 0 Å². The second kappa shape index (κ2) is 5.31. The smallest absolute Gasteiger partial charge is 0.198 e. The van der Waals surface area contributed by atoms with Gasteiger partial charge in [0, 0.05) is 11.6 Å². The summed E-state index contributed by atoms with van der Waals surface area (Å²) in [6.45, 7) is 0. The van der Waals surface area contributed by atoms with Crippen LogP contribution in [0.1, 0.15) is 0 Å². The minimum atomic E-state index is -2.62. The van der Waals surface area contributed by atoms with Gasteiger partial charge < -0.3 is 0 Å². The second-order valence-corrected chi connectivity index (χ2v) is 3.05. The number of fused-ring (bicyclic) bond motifs is 1. The molecular formula is C9H10N2O2S. The van der Waals surface area contributed by atoms with Crippen LogP contribution in [0, 0.1) is 0 Å². The van der Waals surface area contributed by atoms with Crippen LogP contribution in [0.5, 0.6) is 0 Å². The van der Waals surface area contributed by atoms with Gasteiger partial charge in [-0.25, -0.2) is 13.6 Å². The third kappa shape index (κ3) is 3.51. The van der Waals surface area contributed by atoms with E-state index in [1.165, 1.54) is 5.39 Å². The van der Waals surface area contributed by atoms with Gasteiger partial charge in [-0.1, -0.05) is 24.3 Å². The number of nitrogens with two attached hydrogens (primary N) is 1. The maximum absolute atomic E-state index is 8.81. The van der Waals surface area contributed by atoms with Gasteiger partial charge in [-0.3, -0.25) is 4.98 Å². The largest absolute Gasteiger partial charge is 0.256 e. The summed E-state index contributed by atoms with van der Waals surface area (Å²) in [6.07, 6.45) is 1.81. The summed E-state index contributed by atoms with van der Waals surface area (Å²) in [5, 5.41) is 5.26. The number of pyridine rings is 1. The normalized spacial score (nSPS) is 9.57. The maximum Gasteiger partial charge on any atom is 0.198 e. The standard InChI is InChI=1S/C9H7N.H3NO2S/c1-2-6-9-8(4-1)5-3-7-10-9;1-4(2)3/h1-7H;4H,(H2,1,2,3). The van der Waals surface area contributed by atoms with Crippen molar-refractivity contribution >= 4 is 21.8 Å². The van der Waals surface area contributed by atoms with Crippen LogP contribution in [-0.4, -0.2) is 13.4 Å². The van der Waals surface area contributed by atoms with Crippen molar-refractivity contribution in [1.29, 1.82) is 0 Å². The molecule has 5 heteroatoms. The molecule has 0 amide bonds. The summed E-state index contributed by atoms with van der Waals surface area (Å²) in [7, 11) is -2.62. The third-order valence-corrected chi connectivity index (χ3v) is 1.51. The van der Waals surface area contributed by atoms with Gasteiger partial charge in [0.1, 0.15) is 0 Å². The third-order valence-electron chi connectivity index (χ3n) is 1.51. The van der Waals surface area contributed by atoms with Crippen molar-refractivity contribution in [3.8, 4) is 0 Å². The van der Waals surface area contributed by atoms with Crippen LogP contribution in [-0.2, 0) is 10.9 Å². The van der Waals surface area contributed by atoms with Crippen molar-refractivity contribution < 1.29 is 8.42 Å². The van der Waals surface area contributed by atoms with Crippen molar-refractivity contribution in [1.82, 2.24) is 4.98 Å². The van der Waals surface area contributed by atoms with E-state index in [1.54, 1.807) is 0 Å². The minimum Gasteiger partial charge on any atom is -0.256 e. The molecule has 14 heavy (non-hydrogen) atoms. The molecule has 1 aromatic heterocycles. The molecule has 0 atom stereocenters. The molecule has 4 nitrogen and oxygen atoms in total. The molecular weight excluding hydrogens is 200 g/mol. The van der Waals surface area contributed by atoms with Gasteiger partial charge in [0.15, 0.2) is 10.9 Å². The lowest BCUT2D eigenvalue weighted by molar-refractivity contribution is 0.616. The number of aromatic nitrogens is 1. The van der Waals surface area contributed by atoms with Gasteiger partial charge in [0.25, 0.3) is 0 Å². The van der Waals surface area contributed by atoms with Crippen LogP contribution in [0.25, 0.3) is 10.9 Å². The lowest BCUT2D eigenvalue weighted by Gasteiger charge is -1.91. The van der Waals surface area contributed by atoms with E-state index >= 15 is 0 Å². The van der Waals surface area contributed by atoms with Gasteiger partial charge in [-0.2, -0.15) is 0 Å². The first kappa shape index (κ1) is 10.6. The summed E-state index contributed by atoms with van der Waals surface area (Å²) >= 11 is 0. The lowest BCUT2D eigenvalue weighted by Crippen LogP contribution is -1.85. The molecule has 0 unspecified atom stereocenters. The fourth-order valence-corrected chi connectivity index (χ4v) is 1.02. The number of thiol groups is 1. The first-order chi connectivity index (χ1) is 6.70. The number of hydrogen-bond donors (Lipinski definition) is 2. The van der Waals surface area contributed by atoms with Crippen molar-refractivity contribution in [3.63, 3.8) is 0 Å². The molecule has 74 valence electrons. The molecule has 0 saturated heterocycles. The number of benzene rings is 1. The van der Waals surface area contributed by atoms with E-state index in [1.807, 2.05) is 30.5 Å². The highest BCUT2D eigenvalue weighted by Crippen LogP contribution is 2.07. The first-order valence-corrected chi connectivity index (χ1v) is 5.13. The highest BCUT2D eigenvalue weighted by Gasteiger charge is 1.86. The Bertz CT molecular complexity index is 409. The van der Waals surface area contributed by atoms with Crippen molar-refractivity contribution in [3.05, 3.63) is 42.6 Å². The molecule has 0 aliphatic carbocycles. The Balaban J connectivity index is 0.000000213. The summed E-state index contributed by atoms with van der Waals surface area (Å²) in [5.74, 6) is 0. The van der Waals surface area contributed by atoms with Gasteiger partial charge in [-0.15, -0.1) is 0 Å². The molecule has 2 rings (SSSR count). The van der Waals surface area contributed by atoms with E-state index in [0.717, 1.165) is 5.52 Å². The molecule has 0 aliphatic heterocycles. The summed E-state index contributed by atoms with van der Waals surface area (Å²) in [6, 6.07) is 12.1. The Labute approximate surface area is 83.5 Å². The van der Waals surface area contributed by atoms with Gasteiger partial charge in [0.2, 0.25) is 0 Å². The zero-order valence-electron chi connectivity index (χ0n) is 7.33. The van der Waals surface area contributed by atoms with E-state index in [0.29, 0.717) is 0 Å². The summed E-state index contributed by atoms with van der Waals surface area (Å²) < 4.78 is 17.6. The zero-order chi connectivity index (χ0) is 10.4. The maximum atomic E-state index is 8.81. The predicted octanol–water partition coefficient (Wildman–Crippen LogP) is 0.706. The Morgan fingerprint density at radius 3 is 2.29 bits per heavy atom. The molecule has 2 aromatic rings. The first-order valence-electron chi connectivity index (χ1n) is 3.89. The average molecular weight is 210 g/mol. The molecule has 0 bridgehead atoms. The van der Waals surface area contributed by atoms with Gasteiger partial charge in [0.05, 0.1) is 5.52 Å². The molecule has 0 spiro atoms. The quantitative estimate of drug-likeness (QED) is 0.629. The van der Waals surface area contributed by atoms with Crippen LogP contribution in [0.4, 0.5) is 0 Å². The number of nitrogens with zero attached hydrogens (tertiary/aromatic N) is 1. The van der Waals surface area contributed by atoms with E-state index < -0.39 is 10.9 Å². The van der Waals surface area contributed by atoms with Gasteiger partial charge >= 0.3 is 0 Å². The van der Waals surface area contributed by atoms with Crippen LogP contribution < -0.4 is 5.14 Å².